The molecule has 0 amide bonds. The molecule has 0 saturated heterocycles. The van der Waals surface area contributed by atoms with Crippen molar-refractivity contribution in [2.45, 2.75) is 52.1 Å². The summed E-state index contributed by atoms with van der Waals surface area (Å²) < 4.78 is 54.7. The number of anilines is 1. The quantitative estimate of drug-likeness (QED) is 0.0956. The number of carbonyl (C=O) groups is 1. The molecule has 2 N–H and O–H groups in total. The second-order valence-electron chi connectivity index (χ2n) is 11.3. The fourth-order valence-electron chi connectivity index (χ4n) is 5.58. The Morgan fingerprint density at radius 3 is 2.15 bits per heavy atom. The summed E-state index contributed by atoms with van der Waals surface area (Å²) in [4.78, 5) is 18.2. The third-order valence-electron chi connectivity index (χ3n) is 7.50. The summed E-state index contributed by atoms with van der Waals surface area (Å²) in [5, 5.41) is 5.21. The van der Waals surface area contributed by atoms with Crippen LogP contribution in [-0.4, -0.2) is 35.2 Å². The van der Waals surface area contributed by atoms with E-state index in [0.717, 1.165) is 17.2 Å². The van der Waals surface area contributed by atoms with Crippen LogP contribution in [0.5, 0.6) is 5.88 Å². The van der Waals surface area contributed by atoms with E-state index in [1.165, 1.54) is 24.4 Å². The summed E-state index contributed by atoms with van der Waals surface area (Å²) in [7, 11) is 0. The molecular formula is C36H37F3N4O3. The maximum atomic E-state index is 14.3. The number of nitrogens with one attached hydrogen (secondary N) is 2. The van der Waals surface area contributed by atoms with Gasteiger partial charge in [-0.3, -0.25) is 5.43 Å². The number of hydrogen-bond acceptors (Lipinski definition) is 7. The lowest BCUT2D eigenvalue weighted by Crippen LogP contribution is -2.39. The first-order valence-corrected chi connectivity index (χ1v) is 15.1. The summed E-state index contributed by atoms with van der Waals surface area (Å²) >= 11 is 0. The molecule has 1 aromatic heterocycles. The summed E-state index contributed by atoms with van der Waals surface area (Å²) in [5.74, 6) is -1.71. The van der Waals surface area contributed by atoms with Crippen LogP contribution in [0.2, 0.25) is 0 Å². The van der Waals surface area contributed by atoms with Gasteiger partial charge in [0.25, 0.3) is 0 Å². The number of carbonyl (C=O) groups excluding carboxylic acids is 1. The van der Waals surface area contributed by atoms with E-state index in [9.17, 15) is 18.0 Å². The Bertz CT molecular complexity index is 1620. The van der Waals surface area contributed by atoms with E-state index in [2.05, 4.69) is 15.7 Å². The van der Waals surface area contributed by atoms with Crippen LogP contribution < -0.4 is 15.5 Å². The second-order valence-corrected chi connectivity index (χ2v) is 11.3. The minimum Gasteiger partial charge on any atom is -0.475 e. The average Bonchev–Trinajstić information content (AvgIpc) is 3.02. The third kappa shape index (κ3) is 7.94. The van der Waals surface area contributed by atoms with Crippen LogP contribution in [-0.2, 0) is 28.8 Å². The number of allylic oxidation sites excluding steroid dienone is 1. The molecule has 0 spiro atoms. The number of esters is 1. The highest BCUT2D eigenvalue weighted by molar-refractivity contribution is 5.95. The number of rotatable bonds is 12. The van der Waals surface area contributed by atoms with Gasteiger partial charge in [-0.25, -0.2) is 14.8 Å². The minimum atomic E-state index is -4.66. The molecule has 0 bridgehead atoms. The lowest BCUT2D eigenvalue weighted by Gasteiger charge is -2.32. The first kappa shape index (κ1) is 32.7. The largest absolute Gasteiger partial charge is 0.475 e. The number of nitrogens with zero attached hydrogens (tertiary/aromatic N) is 2. The number of hydrazine groups is 1. The summed E-state index contributed by atoms with van der Waals surface area (Å²) in [6.45, 7) is 6.75. The first-order valence-electron chi connectivity index (χ1n) is 15.1. The Balaban J connectivity index is 1.39. The Morgan fingerprint density at radius 2 is 1.54 bits per heavy atom. The van der Waals surface area contributed by atoms with Crippen LogP contribution in [0.1, 0.15) is 54.5 Å². The standard InChI is InChI=1S/C36H37F3N4O3/c1-24(2)46-34-33-30(18-19-40-34)42-25(3)31(32(33)28-16-10-11-17-29(28)36(37,38)39)35(44)45-21-20-41-43(22-26-12-6-4-7-13-26)23-27-14-8-5-9-15-27/h4-19,24,32,41-42H,20-23H2,1-3H3. The first-order chi connectivity index (χ1) is 22.1. The number of pyridine rings is 1. The molecule has 7 nitrogen and oxygen atoms in total. The number of ether oxygens (including phenoxy) is 2. The lowest BCUT2D eigenvalue weighted by molar-refractivity contribution is -0.141. The van der Waals surface area contributed by atoms with Crippen molar-refractivity contribution < 1.29 is 27.4 Å². The van der Waals surface area contributed by atoms with Crippen molar-refractivity contribution in [1.82, 2.24) is 15.4 Å². The molecule has 1 unspecified atom stereocenters. The molecule has 5 rings (SSSR count). The molecule has 1 aliphatic heterocycles. The van der Waals surface area contributed by atoms with E-state index in [4.69, 9.17) is 9.47 Å². The van der Waals surface area contributed by atoms with Crippen molar-refractivity contribution in [3.05, 3.63) is 136 Å². The van der Waals surface area contributed by atoms with Crippen LogP contribution in [0.4, 0.5) is 18.9 Å². The normalized spacial score (nSPS) is 14.7. The van der Waals surface area contributed by atoms with Crippen LogP contribution in [0.15, 0.2) is 108 Å². The van der Waals surface area contributed by atoms with Crippen molar-refractivity contribution in [1.29, 1.82) is 0 Å². The molecule has 46 heavy (non-hydrogen) atoms. The maximum Gasteiger partial charge on any atom is 0.416 e. The molecular weight excluding hydrogens is 593 g/mol. The topological polar surface area (TPSA) is 75.7 Å². The molecule has 1 aliphatic rings. The molecule has 0 fully saturated rings. The van der Waals surface area contributed by atoms with Gasteiger partial charge in [-0.05, 0) is 49.6 Å². The zero-order valence-corrected chi connectivity index (χ0v) is 26.0. The number of halogens is 3. The molecule has 0 saturated carbocycles. The van der Waals surface area contributed by atoms with Crippen LogP contribution in [0.25, 0.3) is 0 Å². The Hall–Kier alpha value is -4.67. The maximum absolute atomic E-state index is 14.3. The fraction of sp³-hybridized carbons (Fsp3) is 0.278. The Morgan fingerprint density at radius 1 is 0.935 bits per heavy atom. The van der Waals surface area contributed by atoms with E-state index in [1.807, 2.05) is 65.7 Å². The zero-order chi connectivity index (χ0) is 32.7. The van der Waals surface area contributed by atoms with Crippen molar-refractivity contribution >= 4 is 11.7 Å². The van der Waals surface area contributed by atoms with Crippen molar-refractivity contribution in [2.75, 3.05) is 18.5 Å². The highest BCUT2D eigenvalue weighted by atomic mass is 19.4. The van der Waals surface area contributed by atoms with Gasteiger partial charge in [0.15, 0.2) is 0 Å². The van der Waals surface area contributed by atoms with Crippen LogP contribution >= 0.6 is 0 Å². The molecule has 0 radical (unpaired) electrons. The SMILES string of the molecule is CC1=C(C(=O)OCCNN(Cc2ccccc2)Cc2ccccc2)C(c2ccccc2C(F)(F)F)c2c(ccnc2OC(C)C)N1. The van der Waals surface area contributed by atoms with Gasteiger partial charge in [-0.1, -0.05) is 78.9 Å². The number of hydrogen-bond donors (Lipinski definition) is 2. The van der Waals surface area contributed by atoms with Crippen molar-refractivity contribution in [3.8, 4) is 5.88 Å². The summed E-state index contributed by atoms with van der Waals surface area (Å²) in [5.41, 5.74) is 5.96. The average molecular weight is 631 g/mol. The van der Waals surface area contributed by atoms with Gasteiger partial charge in [0.1, 0.15) is 6.61 Å². The highest BCUT2D eigenvalue weighted by Gasteiger charge is 2.42. The minimum absolute atomic E-state index is 0.0153. The van der Waals surface area contributed by atoms with E-state index >= 15 is 0 Å². The predicted molar refractivity (Wildman–Crippen MR) is 171 cm³/mol. The van der Waals surface area contributed by atoms with Crippen LogP contribution in [0.3, 0.4) is 0 Å². The summed E-state index contributed by atoms with van der Waals surface area (Å²) in [6.07, 6.45) is -3.44. The molecule has 240 valence electrons. The Labute approximate surface area is 267 Å². The highest BCUT2D eigenvalue weighted by Crippen LogP contribution is 2.49. The monoisotopic (exact) mass is 630 g/mol. The zero-order valence-electron chi connectivity index (χ0n) is 26.0. The van der Waals surface area contributed by atoms with Gasteiger partial charge in [-0.2, -0.15) is 13.2 Å². The molecule has 10 heteroatoms. The third-order valence-corrected chi connectivity index (χ3v) is 7.50. The van der Waals surface area contributed by atoms with E-state index < -0.39 is 23.6 Å². The summed E-state index contributed by atoms with van der Waals surface area (Å²) in [6, 6.07) is 26.9. The van der Waals surface area contributed by atoms with Crippen molar-refractivity contribution in [2.24, 2.45) is 0 Å². The Kier molecular flexibility index (Phi) is 10.4. The van der Waals surface area contributed by atoms with E-state index in [0.29, 0.717) is 30.0 Å². The number of aromatic nitrogens is 1. The van der Waals surface area contributed by atoms with Crippen molar-refractivity contribution in [3.63, 3.8) is 0 Å². The van der Waals surface area contributed by atoms with Gasteiger partial charge in [0, 0.05) is 42.8 Å². The van der Waals surface area contributed by atoms with E-state index in [1.54, 1.807) is 26.8 Å². The fourth-order valence-corrected chi connectivity index (χ4v) is 5.58. The second kappa shape index (κ2) is 14.6. The number of fused-ring (bicyclic) bond motifs is 1. The number of benzene rings is 3. The van der Waals surface area contributed by atoms with Gasteiger partial charge in [-0.15, -0.1) is 0 Å². The molecule has 4 aromatic rings. The lowest BCUT2D eigenvalue weighted by atomic mass is 9.79. The number of alkyl halides is 3. The smallest absolute Gasteiger partial charge is 0.416 e. The van der Waals surface area contributed by atoms with Gasteiger partial charge in [0.05, 0.1) is 23.2 Å². The van der Waals surface area contributed by atoms with Gasteiger partial charge in [0.2, 0.25) is 5.88 Å². The van der Waals surface area contributed by atoms with Crippen LogP contribution in [0, 0.1) is 0 Å². The molecule has 1 atom stereocenters. The molecule has 3 aromatic carbocycles. The molecule has 2 heterocycles. The predicted octanol–water partition coefficient (Wildman–Crippen LogP) is 7.47. The van der Waals surface area contributed by atoms with Gasteiger partial charge >= 0.3 is 12.1 Å². The molecule has 0 aliphatic carbocycles. The van der Waals surface area contributed by atoms with Gasteiger partial charge < -0.3 is 14.8 Å². The van der Waals surface area contributed by atoms with E-state index in [-0.39, 0.29) is 36.3 Å².